The molecule has 1 unspecified atom stereocenters. The van der Waals surface area contributed by atoms with Crippen LogP contribution in [0.25, 0.3) is 10.9 Å². The van der Waals surface area contributed by atoms with Crippen LogP contribution in [0.3, 0.4) is 0 Å². The summed E-state index contributed by atoms with van der Waals surface area (Å²) >= 11 is 0. The second kappa shape index (κ2) is 6.26. The molecular weight excluding hydrogens is 273 g/mol. The van der Waals surface area contributed by atoms with Gasteiger partial charge in [0.15, 0.2) is 0 Å². The Balaban J connectivity index is 2.69. The number of aromatic nitrogens is 1. The minimum absolute atomic E-state index is 0.0335. The van der Waals surface area contributed by atoms with Crippen LogP contribution in [0, 0.1) is 12.7 Å². The lowest BCUT2D eigenvalue weighted by molar-refractivity contribution is 0.0527. The van der Waals surface area contributed by atoms with Crippen LogP contribution in [-0.2, 0) is 9.47 Å². The van der Waals surface area contributed by atoms with Gasteiger partial charge in [-0.2, -0.15) is 0 Å². The van der Waals surface area contributed by atoms with Crippen molar-refractivity contribution in [2.45, 2.75) is 26.8 Å². The lowest BCUT2D eigenvalue weighted by Gasteiger charge is -2.16. The van der Waals surface area contributed by atoms with E-state index in [4.69, 9.17) is 9.47 Å². The molecule has 1 heterocycles. The molecule has 0 fully saturated rings. The smallest absolute Gasteiger partial charge is 0.340 e. The molecular formula is C16H20FNO3. The van der Waals surface area contributed by atoms with Crippen molar-refractivity contribution in [3.05, 3.63) is 35.3 Å². The normalized spacial score (nSPS) is 12.6. The third-order valence-corrected chi connectivity index (χ3v) is 3.54. The molecule has 21 heavy (non-hydrogen) atoms. The van der Waals surface area contributed by atoms with Crippen molar-refractivity contribution in [3.63, 3.8) is 0 Å². The number of benzene rings is 1. The van der Waals surface area contributed by atoms with Gasteiger partial charge in [0.1, 0.15) is 5.82 Å². The van der Waals surface area contributed by atoms with E-state index in [0.29, 0.717) is 17.6 Å². The molecule has 0 saturated carbocycles. The maximum Gasteiger partial charge on any atom is 0.340 e. The Bertz CT molecular complexity index is 663. The molecule has 0 aliphatic carbocycles. The first-order chi connectivity index (χ1) is 10.0. The van der Waals surface area contributed by atoms with E-state index in [1.165, 1.54) is 12.1 Å². The maximum atomic E-state index is 13.6. The van der Waals surface area contributed by atoms with E-state index in [9.17, 15) is 9.18 Å². The SMILES string of the molecule is CCOC(=O)c1c(C)n(C(C)COC)c2ccc(F)cc12. The van der Waals surface area contributed by atoms with Crippen molar-refractivity contribution in [1.29, 1.82) is 0 Å². The average Bonchev–Trinajstić information content (AvgIpc) is 2.70. The van der Waals surface area contributed by atoms with Crippen molar-refractivity contribution in [3.8, 4) is 0 Å². The van der Waals surface area contributed by atoms with Crippen molar-refractivity contribution in [2.75, 3.05) is 20.3 Å². The highest BCUT2D eigenvalue weighted by Gasteiger charge is 2.23. The zero-order valence-electron chi connectivity index (χ0n) is 12.8. The Kier molecular flexibility index (Phi) is 4.63. The summed E-state index contributed by atoms with van der Waals surface area (Å²) in [5.41, 5.74) is 1.99. The van der Waals surface area contributed by atoms with Gasteiger partial charge in [0.2, 0.25) is 0 Å². The molecule has 5 heteroatoms. The Labute approximate surface area is 123 Å². The van der Waals surface area contributed by atoms with Crippen LogP contribution in [0.15, 0.2) is 18.2 Å². The predicted octanol–water partition coefficient (Wildman–Crippen LogP) is 3.47. The highest BCUT2D eigenvalue weighted by Crippen LogP contribution is 2.30. The van der Waals surface area contributed by atoms with Crippen molar-refractivity contribution in [1.82, 2.24) is 4.57 Å². The van der Waals surface area contributed by atoms with Crippen LogP contribution in [0.5, 0.6) is 0 Å². The van der Waals surface area contributed by atoms with Crippen LogP contribution in [0.1, 0.15) is 35.9 Å². The number of hydrogen-bond donors (Lipinski definition) is 0. The van der Waals surface area contributed by atoms with Gasteiger partial charge in [0, 0.05) is 23.7 Å². The zero-order chi connectivity index (χ0) is 15.6. The van der Waals surface area contributed by atoms with E-state index in [-0.39, 0.29) is 18.5 Å². The lowest BCUT2D eigenvalue weighted by atomic mass is 10.1. The van der Waals surface area contributed by atoms with E-state index in [1.54, 1.807) is 20.1 Å². The van der Waals surface area contributed by atoms with E-state index >= 15 is 0 Å². The van der Waals surface area contributed by atoms with Gasteiger partial charge in [-0.25, -0.2) is 9.18 Å². The molecule has 0 amide bonds. The van der Waals surface area contributed by atoms with Gasteiger partial charge in [-0.3, -0.25) is 0 Å². The van der Waals surface area contributed by atoms with Crippen LogP contribution < -0.4 is 0 Å². The van der Waals surface area contributed by atoms with Gasteiger partial charge in [-0.1, -0.05) is 0 Å². The molecule has 0 aliphatic heterocycles. The van der Waals surface area contributed by atoms with Gasteiger partial charge in [-0.05, 0) is 39.0 Å². The second-order valence-electron chi connectivity index (χ2n) is 5.02. The molecule has 0 bridgehead atoms. The van der Waals surface area contributed by atoms with E-state index < -0.39 is 5.97 Å². The highest BCUT2D eigenvalue weighted by atomic mass is 19.1. The van der Waals surface area contributed by atoms with Gasteiger partial charge in [0.05, 0.1) is 24.8 Å². The number of hydrogen-bond acceptors (Lipinski definition) is 3. The number of nitrogens with zero attached hydrogens (tertiary/aromatic N) is 1. The first-order valence-electron chi connectivity index (χ1n) is 6.97. The summed E-state index contributed by atoms with van der Waals surface area (Å²) in [6, 6.07) is 4.50. The fraction of sp³-hybridized carbons (Fsp3) is 0.438. The fourth-order valence-corrected chi connectivity index (χ4v) is 2.76. The first kappa shape index (κ1) is 15.5. The number of carbonyl (C=O) groups is 1. The van der Waals surface area contributed by atoms with Crippen molar-refractivity contribution < 1.29 is 18.7 Å². The molecule has 0 saturated heterocycles. The molecule has 2 rings (SSSR count). The zero-order valence-corrected chi connectivity index (χ0v) is 12.8. The number of rotatable bonds is 5. The van der Waals surface area contributed by atoms with Gasteiger partial charge in [-0.15, -0.1) is 0 Å². The molecule has 0 aliphatic rings. The summed E-state index contributed by atoms with van der Waals surface area (Å²) in [6.45, 7) is 6.38. The fourth-order valence-electron chi connectivity index (χ4n) is 2.76. The Morgan fingerprint density at radius 3 is 2.76 bits per heavy atom. The number of ether oxygens (including phenoxy) is 2. The van der Waals surface area contributed by atoms with Crippen molar-refractivity contribution in [2.24, 2.45) is 0 Å². The van der Waals surface area contributed by atoms with E-state index in [0.717, 1.165) is 11.2 Å². The molecule has 114 valence electrons. The number of carbonyl (C=O) groups excluding carboxylic acids is 1. The summed E-state index contributed by atoms with van der Waals surface area (Å²) in [6.07, 6.45) is 0. The van der Waals surface area contributed by atoms with Crippen molar-refractivity contribution >= 4 is 16.9 Å². The molecule has 1 aromatic carbocycles. The maximum absolute atomic E-state index is 13.6. The van der Waals surface area contributed by atoms with Crippen LogP contribution in [-0.4, -0.2) is 30.9 Å². The van der Waals surface area contributed by atoms with E-state index in [1.807, 2.05) is 18.4 Å². The standard InChI is InChI=1S/C16H20FNO3/c1-5-21-16(19)15-11(3)18(10(2)9-20-4)14-7-6-12(17)8-13(14)15/h6-8,10H,5,9H2,1-4H3. The third kappa shape index (κ3) is 2.78. The minimum atomic E-state index is -0.422. The summed E-state index contributed by atoms with van der Waals surface area (Å²) in [5.74, 6) is -0.793. The molecule has 0 N–H and O–H groups in total. The molecule has 1 atom stereocenters. The second-order valence-corrected chi connectivity index (χ2v) is 5.02. The molecule has 1 aromatic heterocycles. The Hall–Kier alpha value is -1.88. The number of methoxy groups -OCH3 is 1. The Morgan fingerprint density at radius 2 is 2.14 bits per heavy atom. The number of esters is 1. The largest absolute Gasteiger partial charge is 0.462 e. The van der Waals surface area contributed by atoms with Crippen LogP contribution in [0.2, 0.25) is 0 Å². The van der Waals surface area contributed by atoms with E-state index in [2.05, 4.69) is 0 Å². The highest BCUT2D eigenvalue weighted by molar-refractivity contribution is 6.06. The number of halogens is 1. The molecule has 2 aromatic rings. The molecule has 0 spiro atoms. The van der Waals surface area contributed by atoms with Crippen LogP contribution in [0.4, 0.5) is 4.39 Å². The molecule has 0 radical (unpaired) electrons. The Morgan fingerprint density at radius 1 is 1.43 bits per heavy atom. The minimum Gasteiger partial charge on any atom is -0.462 e. The topological polar surface area (TPSA) is 40.5 Å². The number of fused-ring (bicyclic) bond motifs is 1. The summed E-state index contributed by atoms with van der Waals surface area (Å²) in [7, 11) is 1.63. The summed E-state index contributed by atoms with van der Waals surface area (Å²) in [4.78, 5) is 12.2. The van der Waals surface area contributed by atoms with Gasteiger partial charge in [0.25, 0.3) is 0 Å². The predicted molar refractivity (Wildman–Crippen MR) is 79.2 cm³/mol. The summed E-state index contributed by atoms with van der Waals surface area (Å²) < 4.78 is 25.9. The first-order valence-corrected chi connectivity index (χ1v) is 6.97. The van der Waals surface area contributed by atoms with Crippen LogP contribution >= 0.6 is 0 Å². The third-order valence-electron chi connectivity index (χ3n) is 3.54. The monoisotopic (exact) mass is 293 g/mol. The van der Waals surface area contributed by atoms with Gasteiger partial charge < -0.3 is 14.0 Å². The lowest BCUT2D eigenvalue weighted by Crippen LogP contribution is -2.13. The molecule has 4 nitrogen and oxygen atoms in total. The quantitative estimate of drug-likeness (QED) is 0.792. The van der Waals surface area contributed by atoms with Gasteiger partial charge >= 0.3 is 5.97 Å². The summed E-state index contributed by atoms with van der Waals surface area (Å²) in [5, 5.41) is 0.578. The average molecular weight is 293 g/mol.